The molecule has 1 atom stereocenters. The van der Waals surface area contributed by atoms with Crippen molar-refractivity contribution in [2.45, 2.75) is 354 Å². The Balaban J connectivity index is 4.22. The second kappa shape index (κ2) is 68.1. The minimum Gasteiger partial charge on any atom is -0.462 e. The first-order chi connectivity index (χ1) is 39.5. The van der Waals surface area contributed by atoms with E-state index < -0.39 is 6.10 Å². The Kier molecular flexibility index (Phi) is 65.2. The van der Waals surface area contributed by atoms with Gasteiger partial charge in [0.1, 0.15) is 13.2 Å². The number of allylic oxidation sites excluding steroid dienone is 14. The Hall–Kier alpha value is -3.41. The third-order valence-corrected chi connectivity index (χ3v) is 15.1. The molecule has 0 aromatic rings. The zero-order chi connectivity index (χ0) is 57.8. The van der Waals surface area contributed by atoms with Gasteiger partial charge in [0.15, 0.2) is 6.10 Å². The molecule has 0 heterocycles. The summed E-state index contributed by atoms with van der Waals surface area (Å²) < 4.78 is 16.9. The van der Waals surface area contributed by atoms with Gasteiger partial charge in [0.25, 0.3) is 0 Å². The van der Waals surface area contributed by atoms with E-state index in [9.17, 15) is 14.4 Å². The van der Waals surface area contributed by atoms with E-state index in [1.807, 2.05) is 0 Å². The number of carbonyl (C=O) groups excluding carboxylic acids is 3. The van der Waals surface area contributed by atoms with Crippen LogP contribution in [0.25, 0.3) is 0 Å². The predicted octanol–water partition coefficient (Wildman–Crippen LogP) is 23.8. The first kappa shape index (κ1) is 76.6. The number of ether oxygens (including phenoxy) is 3. The van der Waals surface area contributed by atoms with Crippen LogP contribution in [-0.4, -0.2) is 37.2 Å². The van der Waals surface area contributed by atoms with Crippen LogP contribution in [-0.2, 0) is 28.6 Å². The monoisotopic (exact) mass is 1110 g/mol. The van der Waals surface area contributed by atoms with Gasteiger partial charge in [-0.3, -0.25) is 14.4 Å². The van der Waals surface area contributed by atoms with Crippen molar-refractivity contribution in [1.82, 2.24) is 0 Å². The molecule has 0 amide bonds. The lowest BCUT2D eigenvalue weighted by Crippen LogP contribution is -2.30. The van der Waals surface area contributed by atoms with Crippen LogP contribution in [0.15, 0.2) is 85.1 Å². The molecule has 6 nitrogen and oxygen atoms in total. The van der Waals surface area contributed by atoms with Crippen molar-refractivity contribution < 1.29 is 28.6 Å². The number of carbonyl (C=O) groups is 3. The number of esters is 3. The van der Waals surface area contributed by atoms with Gasteiger partial charge in [0.05, 0.1) is 0 Å². The molecular formula is C74H130O6. The van der Waals surface area contributed by atoms with Gasteiger partial charge in [0, 0.05) is 19.3 Å². The second-order valence-corrected chi connectivity index (χ2v) is 23.1. The standard InChI is InChI=1S/C74H130O6/c1-4-7-10-13-16-19-22-25-28-30-31-32-33-34-35-36-37-38-39-40-41-42-43-44-47-49-52-55-58-61-64-67-73(76)79-70-71(69-78-72(75)66-63-60-57-54-51-48-45-27-24-21-18-15-12-9-6-3)80-74(77)68-65-62-59-56-53-50-46-29-26-23-20-17-14-11-8-5-2/h9,12,18,21-22,25,27,29-31,45-46,51,54,71H,4-8,10-11,13-17,19-20,23-24,26,28,32-44,47-50,52-53,55-70H2,1-3H3/b12-9-,21-18-,25-22-,31-30-,45-27-,46-29-,54-51-. The Morgan fingerprint density at radius 3 is 0.800 bits per heavy atom. The summed E-state index contributed by atoms with van der Waals surface area (Å²) in [4.78, 5) is 38.3. The largest absolute Gasteiger partial charge is 0.462 e. The van der Waals surface area contributed by atoms with Crippen LogP contribution >= 0.6 is 0 Å². The second-order valence-electron chi connectivity index (χ2n) is 23.1. The molecule has 0 saturated carbocycles. The number of hydrogen-bond acceptors (Lipinski definition) is 6. The summed E-state index contributed by atoms with van der Waals surface area (Å²) >= 11 is 0. The fraction of sp³-hybridized carbons (Fsp3) is 0.770. The maximum absolute atomic E-state index is 12.9. The maximum atomic E-state index is 12.9. The maximum Gasteiger partial charge on any atom is 0.306 e. The third-order valence-electron chi connectivity index (χ3n) is 15.1. The van der Waals surface area contributed by atoms with Gasteiger partial charge < -0.3 is 14.2 Å². The normalized spacial score (nSPS) is 12.6. The van der Waals surface area contributed by atoms with Gasteiger partial charge in [-0.25, -0.2) is 0 Å². The summed E-state index contributed by atoms with van der Waals surface area (Å²) in [5, 5.41) is 0. The third kappa shape index (κ3) is 65.4. The molecule has 0 fully saturated rings. The summed E-state index contributed by atoms with van der Waals surface area (Å²) in [6.07, 6.45) is 90.5. The molecule has 0 radical (unpaired) electrons. The van der Waals surface area contributed by atoms with E-state index in [0.717, 1.165) is 103 Å². The van der Waals surface area contributed by atoms with E-state index >= 15 is 0 Å². The van der Waals surface area contributed by atoms with E-state index in [-0.39, 0.29) is 31.1 Å². The van der Waals surface area contributed by atoms with E-state index in [1.54, 1.807) is 0 Å². The summed E-state index contributed by atoms with van der Waals surface area (Å²) in [5.74, 6) is -0.927. The summed E-state index contributed by atoms with van der Waals surface area (Å²) in [6, 6.07) is 0. The van der Waals surface area contributed by atoms with Gasteiger partial charge in [-0.05, 0) is 116 Å². The Morgan fingerprint density at radius 1 is 0.263 bits per heavy atom. The fourth-order valence-corrected chi connectivity index (χ4v) is 9.93. The molecule has 80 heavy (non-hydrogen) atoms. The highest BCUT2D eigenvalue weighted by molar-refractivity contribution is 5.71. The van der Waals surface area contributed by atoms with Gasteiger partial charge in [-0.2, -0.15) is 0 Å². The lowest BCUT2D eigenvalue weighted by molar-refractivity contribution is -0.167. The van der Waals surface area contributed by atoms with Crippen molar-refractivity contribution in [1.29, 1.82) is 0 Å². The fourth-order valence-electron chi connectivity index (χ4n) is 9.93. The van der Waals surface area contributed by atoms with Crippen molar-refractivity contribution in [3.05, 3.63) is 85.1 Å². The van der Waals surface area contributed by atoms with Crippen molar-refractivity contribution in [2.24, 2.45) is 0 Å². The van der Waals surface area contributed by atoms with Gasteiger partial charge in [-0.15, -0.1) is 0 Å². The average Bonchev–Trinajstić information content (AvgIpc) is 3.46. The zero-order valence-electron chi connectivity index (χ0n) is 53.1. The van der Waals surface area contributed by atoms with E-state index in [1.165, 1.54) is 205 Å². The summed E-state index contributed by atoms with van der Waals surface area (Å²) in [6.45, 7) is 6.51. The van der Waals surface area contributed by atoms with Crippen LogP contribution in [0.5, 0.6) is 0 Å². The Labute approximate surface area is 496 Å². The quantitative estimate of drug-likeness (QED) is 0.0261. The highest BCUT2D eigenvalue weighted by Gasteiger charge is 2.19. The molecule has 0 rings (SSSR count). The molecule has 462 valence electrons. The molecule has 0 aliphatic heterocycles. The Morgan fingerprint density at radius 2 is 0.487 bits per heavy atom. The number of hydrogen-bond donors (Lipinski definition) is 0. The summed E-state index contributed by atoms with van der Waals surface area (Å²) in [7, 11) is 0. The smallest absolute Gasteiger partial charge is 0.306 e. The van der Waals surface area contributed by atoms with Crippen LogP contribution in [0, 0.1) is 0 Å². The molecular weight excluding hydrogens is 985 g/mol. The SMILES string of the molecule is CC/C=C\C/C=C\C/C=C\C/C=C\CCCCC(=O)OCC(COC(=O)CCCCCCCCCCCCCCCCCCCCC/C=C\C/C=C\CCCCCCC)OC(=O)CCCCCCC/C=C\CCCCCCCCC. The minimum atomic E-state index is -0.798. The molecule has 0 spiro atoms. The molecule has 0 aromatic heterocycles. The number of unbranched alkanes of at least 4 members (excludes halogenated alkanes) is 38. The van der Waals surface area contributed by atoms with Crippen molar-refractivity contribution in [3.63, 3.8) is 0 Å². The van der Waals surface area contributed by atoms with Crippen LogP contribution in [0.4, 0.5) is 0 Å². The van der Waals surface area contributed by atoms with E-state index in [2.05, 4.69) is 106 Å². The molecule has 0 N–H and O–H groups in total. The lowest BCUT2D eigenvalue weighted by atomic mass is 10.0. The van der Waals surface area contributed by atoms with Crippen LogP contribution in [0.2, 0.25) is 0 Å². The molecule has 0 bridgehead atoms. The minimum absolute atomic E-state index is 0.0903. The first-order valence-corrected chi connectivity index (χ1v) is 34.6. The van der Waals surface area contributed by atoms with Gasteiger partial charge in [-0.1, -0.05) is 298 Å². The number of rotatable bonds is 63. The van der Waals surface area contributed by atoms with Crippen molar-refractivity contribution in [2.75, 3.05) is 13.2 Å². The molecule has 0 saturated heterocycles. The van der Waals surface area contributed by atoms with Gasteiger partial charge >= 0.3 is 17.9 Å². The zero-order valence-corrected chi connectivity index (χ0v) is 53.1. The molecule has 1 unspecified atom stereocenters. The van der Waals surface area contributed by atoms with E-state index in [0.29, 0.717) is 19.3 Å². The highest BCUT2D eigenvalue weighted by Crippen LogP contribution is 2.17. The Bertz CT molecular complexity index is 1520. The summed E-state index contributed by atoms with van der Waals surface area (Å²) in [5.41, 5.74) is 0. The molecule has 6 heteroatoms. The van der Waals surface area contributed by atoms with Crippen molar-refractivity contribution in [3.8, 4) is 0 Å². The van der Waals surface area contributed by atoms with Gasteiger partial charge in [0.2, 0.25) is 0 Å². The first-order valence-electron chi connectivity index (χ1n) is 34.6. The molecule has 0 aromatic carbocycles. The lowest BCUT2D eigenvalue weighted by Gasteiger charge is -2.18. The molecule has 0 aliphatic rings. The van der Waals surface area contributed by atoms with Crippen LogP contribution in [0.1, 0.15) is 348 Å². The van der Waals surface area contributed by atoms with Crippen LogP contribution in [0.3, 0.4) is 0 Å². The van der Waals surface area contributed by atoms with Crippen LogP contribution < -0.4 is 0 Å². The van der Waals surface area contributed by atoms with E-state index in [4.69, 9.17) is 14.2 Å². The topological polar surface area (TPSA) is 78.9 Å². The average molecular weight is 1120 g/mol. The predicted molar refractivity (Wildman–Crippen MR) is 348 cm³/mol. The highest BCUT2D eigenvalue weighted by atomic mass is 16.6. The van der Waals surface area contributed by atoms with Crippen molar-refractivity contribution >= 4 is 17.9 Å². The molecule has 0 aliphatic carbocycles.